The average Bonchev–Trinajstić information content (AvgIpc) is 2.81. The zero-order chi connectivity index (χ0) is 24.0. The topological polar surface area (TPSA) is 75.7 Å². The summed E-state index contributed by atoms with van der Waals surface area (Å²) in [5, 5.41) is 3.59. The third-order valence-electron chi connectivity index (χ3n) is 5.18. The van der Waals surface area contributed by atoms with Crippen LogP contribution in [0.1, 0.15) is 41.4 Å². The van der Waals surface area contributed by atoms with Crippen LogP contribution < -0.4 is 10.1 Å². The molecule has 0 aromatic heterocycles. The van der Waals surface area contributed by atoms with Gasteiger partial charge in [-0.1, -0.05) is 41.9 Å². The molecule has 0 aliphatic carbocycles. The van der Waals surface area contributed by atoms with Gasteiger partial charge in [-0.3, -0.25) is 4.79 Å². The van der Waals surface area contributed by atoms with Gasteiger partial charge >= 0.3 is 0 Å². The molecule has 0 spiro atoms. The number of carbonyl (C=O) groups is 1. The van der Waals surface area contributed by atoms with Crippen molar-refractivity contribution in [3.05, 3.63) is 94.5 Å². The van der Waals surface area contributed by atoms with Gasteiger partial charge in [0.05, 0.1) is 17.5 Å². The molecule has 1 N–H and O–H groups in total. The van der Waals surface area contributed by atoms with E-state index in [1.54, 1.807) is 60.7 Å². The smallest absolute Gasteiger partial charge is 0.251 e. The minimum Gasteiger partial charge on any atom is -0.494 e. The van der Waals surface area contributed by atoms with Gasteiger partial charge in [0.1, 0.15) is 5.75 Å². The summed E-state index contributed by atoms with van der Waals surface area (Å²) in [6, 6.07) is 20.3. The molecular weight excluding hydrogens is 460 g/mol. The van der Waals surface area contributed by atoms with E-state index in [1.807, 2.05) is 26.0 Å². The van der Waals surface area contributed by atoms with E-state index in [0.29, 0.717) is 28.5 Å². The summed E-state index contributed by atoms with van der Waals surface area (Å²) in [7, 11) is -2.19. The fraction of sp³-hybridized carbons (Fsp3) is 0.240. The first-order chi connectivity index (χ1) is 15.7. The zero-order valence-electron chi connectivity index (χ0n) is 18.8. The van der Waals surface area contributed by atoms with E-state index in [1.165, 1.54) is 11.4 Å². The number of sulfonamides is 1. The summed E-state index contributed by atoms with van der Waals surface area (Å²) in [5.74, 6) is 0.269. The monoisotopic (exact) mass is 486 g/mol. The third kappa shape index (κ3) is 6.13. The van der Waals surface area contributed by atoms with E-state index in [9.17, 15) is 13.2 Å². The molecule has 0 fully saturated rings. The van der Waals surface area contributed by atoms with Crippen LogP contribution >= 0.6 is 11.6 Å². The Morgan fingerprint density at radius 2 is 1.73 bits per heavy atom. The summed E-state index contributed by atoms with van der Waals surface area (Å²) in [6.45, 7) is 4.21. The first kappa shape index (κ1) is 24.8. The summed E-state index contributed by atoms with van der Waals surface area (Å²) >= 11 is 5.94. The molecule has 3 aromatic rings. The van der Waals surface area contributed by atoms with E-state index < -0.39 is 10.0 Å². The number of nitrogens with zero attached hydrogens (tertiary/aromatic N) is 1. The summed E-state index contributed by atoms with van der Waals surface area (Å²) < 4.78 is 32.8. The molecular formula is C25H27ClN2O4S. The second-order valence-corrected chi connectivity index (χ2v) is 10.1. The van der Waals surface area contributed by atoms with Crippen molar-refractivity contribution in [2.75, 3.05) is 13.7 Å². The number of ether oxygens (including phenoxy) is 1. The molecule has 1 unspecified atom stereocenters. The first-order valence-corrected chi connectivity index (χ1v) is 12.4. The molecule has 1 atom stereocenters. The largest absolute Gasteiger partial charge is 0.494 e. The van der Waals surface area contributed by atoms with E-state index in [0.717, 1.165) is 5.56 Å². The lowest BCUT2D eigenvalue weighted by Gasteiger charge is -2.20. The van der Waals surface area contributed by atoms with Crippen LogP contribution in [0, 0.1) is 0 Å². The average molecular weight is 487 g/mol. The highest BCUT2D eigenvalue weighted by Crippen LogP contribution is 2.25. The molecule has 0 aliphatic heterocycles. The summed E-state index contributed by atoms with van der Waals surface area (Å²) in [5.41, 5.74) is 1.94. The van der Waals surface area contributed by atoms with Crippen LogP contribution in [0.2, 0.25) is 5.02 Å². The molecule has 0 heterocycles. The molecule has 0 aliphatic rings. The number of rotatable bonds is 9. The van der Waals surface area contributed by atoms with Crippen LogP contribution in [0.5, 0.6) is 5.75 Å². The SMILES string of the molecule is CCOc1ccc(C(=O)NC(C)c2ccc(Cl)cc2)cc1CN(C)S(=O)(=O)c1ccccc1. The Kier molecular flexibility index (Phi) is 8.13. The second kappa shape index (κ2) is 10.8. The second-order valence-electron chi connectivity index (χ2n) is 7.58. The number of benzene rings is 3. The van der Waals surface area contributed by atoms with Crippen LogP contribution in [0.4, 0.5) is 0 Å². The molecule has 174 valence electrons. The number of hydrogen-bond acceptors (Lipinski definition) is 4. The Bertz CT molecular complexity index is 1200. The van der Waals surface area contributed by atoms with E-state index in [2.05, 4.69) is 5.32 Å². The molecule has 1 amide bonds. The summed E-state index contributed by atoms with van der Waals surface area (Å²) in [6.07, 6.45) is 0. The van der Waals surface area contributed by atoms with Crippen molar-refractivity contribution in [3.63, 3.8) is 0 Å². The highest BCUT2D eigenvalue weighted by atomic mass is 35.5. The third-order valence-corrected chi connectivity index (χ3v) is 7.25. The van der Waals surface area contributed by atoms with Crippen molar-refractivity contribution < 1.29 is 17.9 Å². The maximum Gasteiger partial charge on any atom is 0.251 e. The highest BCUT2D eigenvalue weighted by Gasteiger charge is 2.23. The van der Waals surface area contributed by atoms with Crippen molar-refractivity contribution in [1.82, 2.24) is 9.62 Å². The van der Waals surface area contributed by atoms with E-state index in [4.69, 9.17) is 16.3 Å². The molecule has 0 radical (unpaired) electrons. The minimum atomic E-state index is -3.69. The molecule has 0 bridgehead atoms. The lowest BCUT2D eigenvalue weighted by molar-refractivity contribution is 0.0939. The van der Waals surface area contributed by atoms with Gasteiger partial charge in [-0.15, -0.1) is 0 Å². The predicted molar refractivity (Wildman–Crippen MR) is 130 cm³/mol. The quantitative estimate of drug-likeness (QED) is 0.459. The zero-order valence-corrected chi connectivity index (χ0v) is 20.4. The van der Waals surface area contributed by atoms with Gasteiger partial charge in [0.25, 0.3) is 5.91 Å². The number of amides is 1. The normalized spacial score (nSPS) is 12.4. The fourth-order valence-corrected chi connectivity index (χ4v) is 4.65. The number of halogens is 1. The van der Waals surface area contributed by atoms with Crippen molar-refractivity contribution in [1.29, 1.82) is 0 Å². The van der Waals surface area contributed by atoms with Crippen LogP contribution in [-0.4, -0.2) is 32.3 Å². The van der Waals surface area contributed by atoms with Gasteiger partial charge in [0, 0.05) is 29.7 Å². The Morgan fingerprint density at radius 3 is 2.36 bits per heavy atom. The first-order valence-electron chi connectivity index (χ1n) is 10.6. The van der Waals surface area contributed by atoms with Crippen LogP contribution in [0.3, 0.4) is 0 Å². The Balaban J connectivity index is 1.82. The van der Waals surface area contributed by atoms with Crippen LogP contribution in [0.25, 0.3) is 0 Å². The van der Waals surface area contributed by atoms with Gasteiger partial charge in [-0.2, -0.15) is 4.31 Å². The number of carbonyl (C=O) groups excluding carboxylic acids is 1. The van der Waals surface area contributed by atoms with Crippen molar-refractivity contribution in [2.45, 2.75) is 31.3 Å². The van der Waals surface area contributed by atoms with E-state index in [-0.39, 0.29) is 23.4 Å². The molecule has 33 heavy (non-hydrogen) atoms. The molecule has 0 saturated heterocycles. The van der Waals surface area contributed by atoms with Crippen LogP contribution in [-0.2, 0) is 16.6 Å². The molecule has 3 aromatic carbocycles. The van der Waals surface area contributed by atoms with Gasteiger partial charge in [0.15, 0.2) is 0 Å². The van der Waals surface area contributed by atoms with E-state index >= 15 is 0 Å². The molecule has 8 heteroatoms. The Hall–Kier alpha value is -2.87. The van der Waals surface area contributed by atoms with Crippen molar-refractivity contribution in [2.24, 2.45) is 0 Å². The molecule has 6 nitrogen and oxygen atoms in total. The lowest BCUT2D eigenvalue weighted by Crippen LogP contribution is -2.28. The predicted octanol–water partition coefficient (Wildman–Crippen LogP) is 5.05. The van der Waals surface area contributed by atoms with Crippen LogP contribution in [0.15, 0.2) is 77.7 Å². The minimum absolute atomic E-state index is 0.0560. The number of hydrogen-bond donors (Lipinski definition) is 1. The fourth-order valence-electron chi connectivity index (χ4n) is 3.35. The van der Waals surface area contributed by atoms with Gasteiger partial charge in [-0.05, 0) is 61.9 Å². The standard InChI is InChI=1S/C25H27ClN2O4S/c1-4-32-24-15-12-20(25(29)27-18(2)19-10-13-22(26)14-11-19)16-21(24)17-28(3)33(30,31)23-8-6-5-7-9-23/h5-16,18H,4,17H2,1-3H3,(H,27,29). The maximum absolute atomic E-state index is 12.9. The molecule has 3 rings (SSSR count). The summed E-state index contributed by atoms with van der Waals surface area (Å²) in [4.78, 5) is 13.1. The Morgan fingerprint density at radius 1 is 1.06 bits per heavy atom. The molecule has 0 saturated carbocycles. The van der Waals surface area contributed by atoms with Crippen molar-refractivity contribution >= 4 is 27.5 Å². The maximum atomic E-state index is 12.9. The number of nitrogens with one attached hydrogen (secondary N) is 1. The van der Waals surface area contributed by atoms with Crippen molar-refractivity contribution in [3.8, 4) is 5.75 Å². The highest BCUT2D eigenvalue weighted by molar-refractivity contribution is 7.89. The van der Waals surface area contributed by atoms with Gasteiger partial charge in [0.2, 0.25) is 10.0 Å². The lowest BCUT2D eigenvalue weighted by atomic mass is 10.1. The van der Waals surface area contributed by atoms with Gasteiger partial charge in [-0.25, -0.2) is 8.42 Å². The van der Waals surface area contributed by atoms with Gasteiger partial charge < -0.3 is 10.1 Å². The Labute approximate surface area is 200 Å².